The molecule has 88 valence electrons. The van der Waals surface area contributed by atoms with E-state index >= 15 is 0 Å². The average molecular weight is 209 g/mol. The van der Waals surface area contributed by atoms with Crippen molar-refractivity contribution in [1.82, 2.24) is 4.90 Å². The van der Waals surface area contributed by atoms with Crippen LogP contribution in [-0.2, 0) is 0 Å². The van der Waals surface area contributed by atoms with E-state index in [1.165, 1.54) is 12.8 Å². The maximum absolute atomic E-state index is 6.32. The van der Waals surface area contributed by atoms with E-state index in [4.69, 9.17) is 6.92 Å². The summed E-state index contributed by atoms with van der Waals surface area (Å²) in [5.41, 5.74) is 0.527. The lowest BCUT2D eigenvalue weighted by Crippen LogP contribution is -2.64. The zero-order valence-electron chi connectivity index (χ0n) is 11.3. The highest BCUT2D eigenvalue weighted by atomic mass is 15.2. The Morgan fingerprint density at radius 2 is 1.80 bits per heavy atom. The lowest BCUT2D eigenvalue weighted by Gasteiger charge is -2.59. The summed E-state index contributed by atoms with van der Waals surface area (Å²) in [6.07, 6.45) is 3.48. The first-order chi connectivity index (χ1) is 6.81. The largest absolute Gasteiger partial charge is 0.295 e. The van der Waals surface area contributed by atoms with Crippen molar-refractivity contribution in [3.05, 3.63) is 6.92 Å². The van der Waals surface area contributed by atoms with Crippen molar-refractivity contribution >= 4 is 0 Å². The fraction of sp³-hybridized carbons (Fsp3) is 0.929. The molecule has 1 rings (SSSR count). The minimum Gasteiger partial charge on any atom is -0.295 e. The van der Waals surface area contributed by atoms with Crippen molar-refractivity contribution in [1.29, 1.82) is 0 Å². The third-order valence-electron chi connectivity index (χ3n) is 5.35. The molecular weight excluding hydrogens is 182 g/mol. The lowest BCUT2D eigenvalue weighted by molar-refractivity contribution is -0.0823. The highest BCUT2D eigenvalue weighted by Crippen LogP contribution is 2.46. The molecule has 1 saturated heterocycles. The zero-order chi connectivity index (χ0) is 11.9. The van der Waals surface area contributed by atoms with Crippen LogP contribution in [0.2, 0.25) is 0 Å². The van der Waals surface area contributed by atoms with Gasteiger partial charge in [0.2, 0.25) is 0 Å². The molecule has 1 heterocycles. The quantitative estimate of drug-likeness (QED) is 0.671. The van der Waals surface area contributed by atoms with Crippen LogP contribution >= 0.6 is 0 Å². The molecule has 15 heavy (non-hydrogen) atoms. The molecule has 2 radical (unpaired) electrons. The SMILES string of the molecule is [CH]C1CC(C)(CC)N(C)C(C)(CC)C1C. The van der Waals surface area contributed by atoms with Crippen molar-refractivity contribution in [2.45, 2.75) is 65.0 Å². The second-order valence-electron chi connectivity index (χ2n) is 5.78. The Morgan fingerprint density at radius 1 is 1.27 bits per heavy atom. The van der Waals surface area contributed by atoms with Crippen LogP contribution in [-0.4, -0.2) is 23.0 Å². The van der Waals surface area contributed by atoms with E-state index in [0.717, 1.165) is 6.42 Å². The molecule has 0 bridgehead atoms. The summed E-state index contributed by atoms with van der Waals surface area (Å²) in [7, 11) is 2.27. The smallest absolute Gasteiger partial charge is 0.0209 e. The molecule has 0 aromatic heterocycles. The molecule has 0 aliphatic carbocycles. The Kier molecular flexibility index (Phi) is 3.55. The minimum atomic E-state index is 0.252. The van der Waals surface area contributed by atoms with Gasteiger partial charge >= 0.3 is 0 Å². The van der Waals surface area contributed by atoms with Gasteiger partial charge in [-0.15, -0.1) is 0 Å². The van der Waals surface area contributed by atoms with Crippen LogP contribution in [0.3, 0.4) is 0 Å². The fourth-order valence-electron chi connectivity index (χ4n) is 3.15. The Hall–Kier alpha value is -0.0400. The third-order valence-corrected chi connectivity index (χ3v) is 5.35. The fourth-order valence-corrected chi connectivity index (χ4v) is 3.15. The van der Waals surface area contributed by atoms with Crippen LogP contribution < -0.4 is 0 Å². The Bertz CT molecular complexity index is 225. The van der Waals surface area contributed by atoms with Gasteiger partial charge in [-0.1, -0.05) is 20.8 Å². The van der Waals surface area contributed by atoms with E-state index < -0.39 is 0 Å². The van der Waals surface area contributed by atoms with E-state index in [9.17, 15) is 0 Å². The van der Waals surface area contributed by atoms with Gasteiger partial charge in [0.25, 0.3) is 0 Å². The molecule has 1 heteroatoms. The number of piperidine rings is 1. The molecule has 0 aromatic carbocycles. The van der Waals surface area contributed by atoms with Crippen molar-refractivity contribution in [3.63, 3.8) is 0 Å². The second kappa shape index (κ2) is 4.08. The van der Waals surface area contributed by atoms with Gasteiger partial charge in [0.05, 0.1) is 0 Å². The number of nitrogens with zero attached hydrogens (tertiary/aromatic N) is 1. The minimum absolute atomic E-state index is 0.252. The number of rotatable bonds is 2. The standard InChI is InChI=1S/C14H27N/c1-8-13(5)10-11(3)12(4)14(6,9-2)15(13)7/h3,11-12H,8-10H2,1-2,4-7H3. The molecule has 1 nitrogen and oxygen atoms in total. The van der Waals surface area contributed by atoms with E-state index in [1.54, 1.807) is 0 Å². The molecule has 1 aliphatic heterocycles. The first kappa shape index (κ1) is 13.0. The van der Waals surface area contributed by atoms with Gasteiger partial charge < -0.3 is 0 Å². The molecule has 1 aliphatic rings. The van der Waals surface area contributed by atoms with Crippen LogP contribution in [0.5, 0.6) is 0 Å². The van der Waals surface area contributed by atoms with Gasteiger partial charge in [-0.2, -0.15) is 0 Å². The summed E-state index contributed by atoms with van der Waals surface area (Å²) in [4.78, 5) is 2.58. The van der Waals surface area contributed by atoms with E-state index in [0.29, 0.717) is 11.8 Å². The summed E-state index contributed by atoms with van der Waals surface area (Å²) < 4.78 is 0. The molecule has 0 saturated carbocycles. The van der Waals surface area contributed by atoms with Crippen molar-refractivity contribution in [3.8, 4) is 0 Å². The molecular formula is C14H27N. The van der Waals surface area contributed by atoms with Crippen LogP contribution in [0.15, 0.2) is 0 Å². The molecule has 0 spiro atoms. The van der Waals surface area contributed by atoms with Crippen LogP contribution in [0.4, 0.5) is 0 Å². The number of hydrogen-bond acceptors (Lipinski definition) is 1. The molecule has 0 amide bonds. The third kappa shape index (κ3) is 1.84. The highest BCUT2D eigenvalue weighted by Gasteiger charge is 2.49. The summed E-state index contributed by atoms with van der Waals surface area (Å²) in [6.45, 7) is 17.9. The maximum atomic E-state index is 6.32. The molecule has 1 fully saturated rings. The topological polar surface area (TPSA) is 3.24 Å². The van der Waals surface area contributed by atoms with Gasteiger partial charge in [-0.25, -0.2) is 0 Å². The summed E-state index contributed by atoms with van der Waals surface area (Å²) in [5, 5.41) is 0. The average Bonchev–Trinajstić information content (AvgIpc) is 2.23. The van der Waals surface area contributed by atoms with E-state index in [-0.39, 0.29) is 11.1 Å². The van der Waals surface area contributed by atoms with E-state index in [2.05, 4.69) is 46.6 Å². The number of hydrogen-bond donors (Lipinski definition) is 0. The Morgan fingerprint density at radius 3 is 2.20 bits per heavy atom. The first-order valence-electron chi connectivity index (χ1n) is 6.31. The van der Waals surface area contributed by atoms with Crippen LogP contribution in [0.1, 0.15) is 53.9 Å². The van der Waals surface area contributed by atoms with Crippen molar-refractivity contribution in [2.24, 2.45) is 11.8 Å². The summed E-state index contributed by atoms with van der Waals surface area (Å²) in [5.74, 6) is 0.920. The van der Waals surface area contributed by atoms with Gasteiger partial charge in [0.1, 0.15) is 0 Å². The van der Waals surface area contributed by atoms with E-state index in [1.807, 2.05) is 0 Å². The van der Waals surface area contributed by atoms with Gasteiger partial charge in [0.15, 0.2) is 0 Å². The summed E-state index contributed by atoms with van der Waals surface area (Å²) >= 11 is 0. The maximum Gasteiger partial charge on any atom is 0.0209 e. The zero-order valence-corrected chi connectivity index (χ0v) is 11.3. The molecule has 0 N–H and O–H groups in total. The van der Waals surface area contributed by atoms with Crippen molar-refractivity contribution in [2.75, 3.05) is 7.05 Å². The Labute approximate surface area is 96.2 Å². The van der Waals surface area contributed by atoms with Gasteiger partial charge in [-0.05, 0) is 58.9 Å². The first-order valence-corrected chi connectivity index (χ1v) is 6.31. The summed E-state index contributed by atoms with van der Waals surface area (Å²) in [6, 6.07) is 0. The molecule has 4 unspecified atom stereocenters. The Balaban J connectivity index is 3.05. The van der Waals surface area contributed by atoms with Gasteiger partial charge in [0, 0.05) is 11.1 Å². The normalized spacial score (nSPS) is 48.2. The monoisotopic (exact) mass is 209 g/mol. The van der Waals surface area contributed by atoms with Crippen LogP contribution in [0, 0.1) is 18.8 Å². The highest BCUT2D eigenvalue weighted by molar-refractivity contribution is 5.05. The number of likely N-dealkylation sites (tertiary alicyclic amines) is 1. The van der Waals surface area contributed by atoms with Crippen LogP contribution in [0.25, 0.3) is 0 Å². The molecule has 0 aromatic rings. The second-order valence-corrected chi connectivity index (χ2v) is 5.78. The molecule has 4 atom stereocenters. The van der Waals surface area contributed by atoms with Crippen molar-refractivity contribution < 1.29 is 0 Å². The lowest BCUT2D eigenvalue weighted by atomic mass is 9.65. The predicted octanol–water partition coefficient (Wildman–Crippen LogP) is 3.62. The predicted molar refractivity (Wildman–Crippen MR) is 66.7 cm³/mol. The van der Waals surface area contributed by atoms with Gasteiger partial charge in [-0.3, -0.25) is 4.90 Å².